The maximum absolute atomic E-state index is 11.1. The molecule has 0 aromatic carbocycles. The molecule has 0 saturated heterocycles. The second-order valence-electron chi connectivity index (χ2n) is 7.05. The number of rotatable bonds is 13. The van der Waals surface area contributed by atoms with E-state index in [1.807, 2.05) is 6.92 Å². The Bertz CT molecular complexity index is 437. The van der Waals surface area contributed by atoms with E-state index in [0.717, 1.165) is 44.7 Å². The summed E-state index contributed by atoms with van der Waals surface area (Å²) in [6.45, 7) is 4.09. The summed E-state index contributed by atoms with van der Waals surface area (Å²) in [4.78, 5) is 22.2. The summed E-state index contributed by atoms with van der Waals surface area (Å²) in [5.41, 5.74) is -0.604. The van der Waals surface area contributed by atoms with Crippen molar-refractivity contribution in [1.82, 2.24) is 0 Å². The quantitative estimate of drug-likeness (QED) is 0.180. The molecule has 1 rings (SSSR count). The van der Waals surface area contributed by atoms with Crippen LogP contribution in [0.25, 0.3) is 0 Å². The Labute approximate surface area is 148 Å². The molecule has 0 bridgehead atoms. The number of carbonyl (C=O) groups excluding carboxylic acids is 2. The van der Waals surface area contributed by atoms with Gasteiger partial charge in [-0.15, -0.1) is 0 Å². The average molecular weight is 331 g/mol. The molecule has 134 valence electrons. The van der Waals surface area contributed by atoms with Crippen LogP contribution in [0.5, 0.6) is 0 Å². The van der Waals surface area contributed by atoms with Crippen molar-refractivity contribution in [3.8, 4) is 0 Å². The summed E-state index contributed by atoms with van der Waals surface area (Å²) >= 11 is 0. The van der Waals surface area contributed by atoms with Crippen molar-refractivity contribution < 1.29 is 9.59 Å². The van der Waals surface area contributed by atoms with Crippen LogP contribution in [0.15, 0.2) is 36.5 Å². The highest BCUT2D eigenvalue weighted by Gasteiger charge is 2.26. The first-order chi connectivity index (χ1) is 11.7. The fourth-order valence-corrected chi connectivity index (χ4v) is 3.31. The monoisotopic (exact) mass is 330 g/mol. The van der Waals surface area contributed by atoms with Gasteiger partial charge >= 0.3 is 0 Å². The van der Waals surface area contributed by atoms with Gasteiger partial charge in [-0.1, -0.05) is 82.4 Å². The Balaban J connectivity index is 2.27. The fourth-order valence-electron chi connectivity index (χ4n) is 3.31. The van der Waals surface area contributed by atoms with Gasteiger partial charge < -0.3 is 9.59 Å². The smallest absolute Gasteiger partial charge is 0.133 e. The van der Waals surface area contributed by atoms with Crippen LogP contribution in [0.2, 0.25) is 0 Å². The summed E-state index contributed by atoms with van der Waals surface area (Å²) in [5.74, 6) is 0. The first-order valence-corrected chi connectivity index (χ1v) is 9.61. The summed E-state index contributed by atoms with van der Waals surface area (Å²) in [7, 11) is 0. The van der Waals surface area contributed by atoms with E-state index in [0.29, 0.717) is 12.8 Å². The van der Waals surface area contributed by atoms with Gasteiger partial charge in [-0.05, 0) is 32.1 Å². The lowest BCUT2D eigenvalue weighted by atomic mass is 9.79. The number of carbonyl (C=O) groups is 2. The molecule has 0 aromatic rings. The maximum atomic E-state index is 11.1. The Morgan fingerprint density at radius 3 is 2.17 bits per heavy atom. The standard InChI is InChI=1S/C22H34O2/c1-3-5-14-22(17-12-9-13-18-22)16-11-8-6-7-10-15-21(4-2,19-23)20-24/h5,12-14,17-20H,3-4,6-11,15-16H2,1-2H3/b14-5-. The third-order valence-corrected chi connectivity index (χ3v) is 5.17. The molecule has 0 heterocycles. The van der Waals surface area contributed by atoms with Crippen molar-refractivity contribution in [2.45, 2.75) is 78.1 Å². The van der Waals surface area contributed by atoms with Gasteiger partial charge in [-0.2, -0.15) is 0 Å². The van der Waals surface area contributed by atoms with Gasteiger partial charge in [0.15, 0.2) is 0 Å². The molecule has 0 radical (unpaired) electrons. The van der Waals surface area contributed by atoms with Gasteiger partial charge in [0.25, 0.3) is 0 Å². The number of hydrogen-bond acceptors (Lipinski definition) is 2. The highest BCUT2D eigenvalue weighted by molar-refractivity contribution is 5.83. The fraction of sp³-hybridized carbons (Fsp3) is 0.636. The molecule has 0 fully saturated rings. The first-order valence-electron chi connectivity index (χ1n) is 9.61. The Kier molecular flexibility index (Phi) is 9.59. The number of hydrogen-bond donors (Lipinski definition) is 0. The molecule has 0 amide bonds. The van der Waals surface area contributed by atoms with E-state index in [1.165, 1.54) is 19.3 Å². The van der Waals surface area contributed by atoms with Crippen molar-refractivity contribution in [2.75, 3.05) is 0 Å². The van der Waals surface area contributed by atoms with Gasteiger partial charge in [-0.3, -0.25) is 0 Å². The number of aldehydes is 2. The predicted molar refractivity (Wildman–Crippen MR) is 102 cm³/mol. The van der Waals surface area contributed by atoms with E-state index in [1.54, 1.807) is 0 Å². The largest absolute Gasteiger partial charge is 0.302 e. The minimum atomic E-state index is -0.729. The molecule has 1 aliphatic carbocycles. The highest BCUT2D eigenvalue weighted by atomic mass is 16.1. The third-order valence-electron chi connectivity index (χ3n) is 5.17. The van der Waals surface area contributed by atoms with Crippen molar-refractivity contribution >= 4 is 12.6 Å². The Hall–Kier alpha value is -1.44. The lowest BCUT2D eigenvalue weighted by Crippen LogP contribution is -2.23. The predicted octanol–water partition coefficient (Wildman–Crippen LogP) is 5.98. The molecule has 1 aliphatic rings. The van der Waals surface area contributed by atoms with Crippen LogP contribution >= 0.6 is 0 Å². The molecular formula is C22H34O2. The molecule has 24 heavy (non-hydrogen) atoms. The first kappa shape index (κ1) is 20.6. The van der Waals surface area contributed by atoms with Crippen LogP contribution in [-0.4, -0.2) is 12.6 Å². The van der Waals surface area contributed by atoms with Crippen LogP contribution in [-0.2, 0) is 9.59 Å². The van der Waals surface area contributed by atoms with E-state index in [-0.39, 0.29) is 5.41 Å². The molecule has 0 unspecified atom stereocenters. The van der Waals surface area contributed by atoms with Crippen LogP contribution in [0.4, 0.5) is 0 Å². The van der Waals surface area contributed by atoms with Crippen molar-refractivity contribution in [1.29, 1.82) is 0 Å². The summed E-state index contributed by atoms with van der Waals surface area (Å²) in [6.07, 6.45) is 25.8. The zero-order valence-electron chi connectivity index (χ0n) is 15.5. The third kappa shape index (κ3) is 6.59. The van der Waals surface area contributed by atoms with Gasteiger partial charge in [0.05, 0.1) is 5.41 Å². The second kappa shape index (κ2) is 11.2. The zero-order chi connectivity index (χ0) is 17.7. The van der Waals surface area contributed by atoms with E-state index in [2.05, 4.69) is 43.4 Å². The molecule has 2 heteroatoms. The van der Waals surface area contributed by atoms with E-state index in [4.69, 9.17) is 0 Å². The Morgan fingerprint density at radius 2 is 1.58 bits per heavy atom. The molecular weight excluding hydrogens is 296 g/mol. The SMILES string of the molecule is CC/C=C\C1(CCCCCCCC(C=O)(C=O)CC)C=CCC=C1. The lowest BCUT2D eigenvalue weighted by Gasteiger charge is -2.26. The van der Waals surface area contributed by atoms with Crippen LogP contribution in [0.1, 0.15) is 78.1 Å². The van der Waals surface area contributed by atoms with E-state index in [9.17, 15) is 9.59 Å². The van der Waals surface area contributed by atoms with Crippen LogP contribution in [0.3, 0.4) is 0 Å². The van der Waals surface area contributed by atoms with Crippen molar-refractivity contribution in [3.05, 3.63) is 36.5 Å². The minimum absolute atomic E-state index is 0.126. The lowest BCUT2D eigenvalue weighted by molar-refractivity contribution is -0.127. The Morgan fingerprint density at radius 1 is 0.958 bits per heavy atom. The molecule has 0 spiro atoms. The number of unbranched alkanes of at least 4 members (excludes halogenated alkanes) is 4. The molecule has 0 N–H and O–H groups in total. The van der Waals surface area contributed by atoms with E-state index < -0.39 is 5.41 Å². The van der Waals surface area contributed by atoms with Crippen molar-refractivity contribution in [3.63, 3.8) is 0 Å². The maximum Gasteiger partial charge on any atom is 0.133 e. The summed E-state index contributed by atoms with van der Waals surface area (Å²) in [6, 6.07) is 0. The van der Waals surface area contributed by atoms with Crippen molar-refractivity contribution in [2.24, 2.45) is 10.8 Å². The average Bonchev–Trinajstić information content (AvgIpc) is 2.64. The van der Waals surface area contributed by atoms with Crippen LogP contribution < -0.4 is 0 Å². The minimum Gasteiger partial charge on any atom is -0.302 e. The second-order valence-corrected chi connectivity index (χ2v) is 7.05. The normalized spacial score (nSPS) is 16.6. The molecule has 0 aliphatic heterocycles. The van der Waals surface area contributed by atoms with Gasteiger partial charge in [-0.25, -0.2) is 0 Å². The van der Waals surface area contributed by atoms with Gasteiger partial charge in [0.1, 0.15) is 12.6 Å². The summed E-state index contributed by atoms with van der Waals surface area (Å²) < 4.78 is 0. The zero-order valence-corrected chi connectivity index (χ0v) is 15.5. The molecule has 2 nitrogen and oxygen atoms in total. The van der Waals surface area contributed by atoms with Gasteiger partial charge in [0, 0.05) is 5.41 Å². The molecule has 0 saturated carbocycles. The van der Waals surface area contributed by atoms with Gasteiger partial charge in [0.2, 0.25) is 0 Å². The molecule has 0 aromatic heterocycles. The van der Waals surface area contributed by atoms with E-state index >= 15 is 0 Å². The summed E-state index contributed by atoms with van der Waals surface area (Å²) in [5, 5.41) is 0. The molecule has 0 atom stereocenters. The number of allylic oxidation sites excluding steroid dienone is 6. The van der Waals surface area contributed by atoms with Crippen LogP contribution in [0, 0.1) is 10.8 Å². The topological polar surface area (TPSA) is 34.1 Å². The highest BCUT2D eigenvalue weighted by Crippen LogP contribution is 2.34.